The molecule has 1 unspecified atom stereocenters. The molecule has 2 aromatic heterocycles. The van der Waals surface area contributed by atoms with Crippen molar-refractivity contribution in [2.24, 2.45) is 23.2 Å². The number of aromatic nitrogens is 2. The van der Waals surface area contributed by atoms with Crippen molar-refractivity contribution >= 4 is 40.5 Å². The zero-order chi connectivity index (χ0) is 53.2. The standard InChI is InChI=1S/C59H78N8O7/c1-12-66-49-25-24-42-32-44(49)45(53(66)43-22-16-28-60-51(43)38(3)73-11)33-58(4,5)36-74-57(72)47-23-17-29-67(62-47)56(71)48(31-39-18-15-21-41(42)30-39)61-54(69)52(40-19-13-14-20-40)64(10)55(70)46-35-65(34-37(46)2)50(68)26-27-59(6,7)63(8)9/h15-16,18,21-22,24-25,28,30,32,37-38,40,46-48,52,62H,12-14,17,19-20,23,29,31,33-36H2,1-11H3,(H,61,69)/t37-,38-,46?,47-,48-,52-/m0/s1. The maximum Gasteiger partial charge on any atom is 0.324 e. The molecule has 4 amide bonds. The van der Waals surface area contributed by atoms with Crippen LogP contribution in [0.2, 0.25) is 0 Å². The molecule has 5 heterocycles. The van der Waals surface area contributed by atoms with E-state index >= 15 is 4.79 Å². The van der Waals surface area contributed by atoms with E-state index in [4.69, 9.17) is 14.5 Å². The maximum atomic E-state index is 15.1. The summed E-state index contributed by atoms with van der Waals surface area (Å²) in [6, 6.07) is 16.1. The lowest BCUT2D eigenvalue weighted by Gasteiger charge is -2.37. The lowest BCUT2D eigenvalue weighted by molar-refractivity contribution is -0.155. The summed E-state index contributed by atoms with van der Waals surface area (Å²) >= 11 is 0. The Morgan fingerprint density at radius 1 is 1.00 bits per heavy atom. The van der Waals surface area contributed by atoms with E-state index in [1.807, 2.05) is 64.9 Å². The number of methoxy groups -OCH3 is 1. The average Bonchev–Trinajstić information content (AvgIpc) is 4.14. The third kappa shape index (κ3) is 11.4. The van der Waals surface area contributed by atoms with Gasteiger partial charge in [0.1, 0.15) is 18.1 Å². The number of rotatable bonds is 10. The van der Waals surface area contributed by atoms with Crippen molar-refractivity contribution in [3.8, 4) is 34.2 Å². The third-order valence-corrected chi connectivity index (χ3v) is 16.3. The third-order valence-electron chi connectivity index (χ3n) is 16.3. The Balaban J connectivity index is 1.15. The average molecular weight is 1010 g/mol. The molecule has 4 aromatic rings. The highest BCUT2D eigenvalue weighted by Gasteiger charge is 2.44. The summed E-state index contributed by atoms with van der Waals surface area (Å²) in [5.74, 6) is 3.33. The van der Waals surface area contributed by atoms with Gasteiger partial charge < -0.3 is 29.2 Å². The van der Waals surface area contributed by atoms with Gasteiger partial charge in [-0.25, -0.2) is 5.43 Å². The predicted octanol–water partition coefficient (Wildman–Crippen LogP) is 7.20. The fourth-order valence-electron chi connectivity index (χ4n) is 11.5. The summed E-state index contributed by atoms with van der Waals surface area (Å²) in [7, 11) is 7.21. The van der Waals surface area contributed by atoms with Gasteiger partial charge >= 0.3 is 5.97 Å². The van der Waals surface area contributed by atoms with E-state index in [1.165, 1.54) is 5.01 Å². The van der Waals surface area contributed by atoms with E-state index in [0.717, 1.165) is 75.8 Å². The topological polar surface area (TPSA) is 159 Å². The second kappa shape index (κ2) is 22.4. The minimum atomic E-state index is -1.05. The molecule has 0 radical (unpaired) electrons. The highest BCUT2D eigenvalue weighted by atomic mass is 16.5. The Bertz CT molecular complexity index is 2820. The number of amides is 4. The molecule has 15 nitrogen and oxygen atoms in total. The number of cyclic esters (lactones) is 1. The molecule has 1 saturated carbocycles. The summed E-state index contributed by atoms with van der Waals surface area (Å²) in [4.78, 5) is 82.2. The van der Waals surface area contributed by atoms with Gasteiger partial charge in [0.2, 0.25) is 11.8 Å². The number of carbonyl (C=O) groups is 5. The number of esters is 1. The van der Waals surface area contributed by atoms with Crippen molar-refractivity contribution in [2.45, 2.75) is 136 Å². The number of hydrazine groups is 1. The lowest BCUT2D eigenvalue weighted by atomic mass is 9.84. The number of ether oxygens (including phenoxy) is 2. The minimum Gasteiger partial charge on any atom is -0.464 e. The van der Waals surface area contributed by atoms with E-state index in [-0.39, 0.29) is 55.2 Å². The van der Waals surface area contributed by atoms with E-state index < -0.39 is 46.9 Å². The Morgan fingerprint density at radius 3 is 2.46 bits per heavy atom. The molecule has 396 valence electrons. The fraction of sp³-hybridized carbons (Fsp3) is 0.559. The molecular weight excluding hydrogens is 933 g/mol. The second-order valence-corrected chi connectivity index (χ2v) is 22.8. The molecule has 6 bridgehead atoms. The van der Waals surface area contributed by atoms with Gasteiger partial charge in [-0.3, -0.25) is 38.9 Å². The number of likely N-dealkylation sites (tertiary alicyclic amines) is 1. The van der Waals surface area contributed by atoms with Crippen LogP contribution in [0, 0.1) is 35.0 Å². The number of nitrogens with one attached hydrogen (secondary N) is 2. The molecule has 74 heavy (non-hydrogen) atoms. The Labute approximate surface area is 438 Å². The maximum absolute atomic E-state index is 15.1. The van der Waals surface area contributed by atoms with Gasteiger partial charge in [-0.1, -0.05) is 69.9 Å². The van der Waals surface area contributed by atoms with Crippen LogP contribution in [0.4, 0.5) is 0 Å². The first-order chi connectivity index (χ1) is 35.2. The van der Waals surface area contributed by atoms with Crippen LogP contribution >= 0.6 is 0 Å². The van der Waals surface area contributed by atoms with Crippen LogP contribution in [0.25, 0.3) is 33.3 Å². The van der Waals surface area contributed by atoms with Crippen LogP contribution in [0.3, 0.4) is 0 Å². The molecule has 0 spiro atoms. The summed E-state index contributed by atoms with van der Waals surface area (Å²) in [6.07, 6.45) is 6.69. The van der Waals surface area contributed by atoms with Gasteiger partial charge in [-0.15, -0.1) is 0 Å². The largest absolute Gasteiger partial charge is 0.464 e. The number of aryl methyl sites for hydroxylation is 1. The summed E-state index contributed by atoms with van der Waals surface area (Å²) in [5.41, 5.74) is 10.0. The summed E-state index contributed by atoms with van der Waals surface area (Å²) in [5, 5.41) is 5.74. The number of pyridine rings is 1. The first-order valence-corrected chi connectivity index (χ1v) is 26.7. The van der Waals surface area contributed by atoms with E-state index in [9.17, 15) is 19.2 Å². The van der Waals surface area contributed by atoms with Crippen molar-refractivity contribution < 1.29 is 33.4 Å². The predicted molar refractivity (Wildman–Crippen MR) is 287 cm³/mol. The van der Waals surface area contributed by atoms with Crippen molar-refractivity contribution in [1.82, 2.24) is 40.0 Å². The molecular formula is C59H78N8O7. The van der Waals surface area contributed by atoms with Gasteiger partial charge in [0.05, 0.1) is 35.6 Å². The highest BCUT2D eigenvalue weighted by molar-refractivity contribution is 5.97. The van der Waals surface area contributed by atoms with E-state index in [2.05, 4.69) is 84.3 Å². The summed E-state index contributed by atoms with van der Waals surface area (Å²) in [6.45, 7) is 16.0. The van der Waals surface area contributed by atoms with Crippen LogP contribution in [0.15, 0.2) is 60.8 Å². The van der Waals surface area contributed by atoms with Gasteiger partial charge in [-0.2, -0.15) is 0 Å². The Kier molecular flexibility index (Phi) is 16.4. The van der Waals surface area contributed by atoms with Crippen LogP contribution in [-0.4, -0.2) is 137 Å². The molecule has 6 atom stereocenters. The monoisotopic (exact) mass is 1010 g/mol. The van der Waals surface area contributed by atoms with Crippen LogP contribution in [-0.2, 0) is 52.8 Å². The highest BCUT2D eigenvalue weighted by Crippen LogP contribution is 2.42. The lowest BCUT2D eigenvalue weighted by Crippen LogP contribution is -2.62. The van der Waals surface area contributed by atoms with Crippen LogP contribution < -0.4 is 10.7 Å². The van der Waals surface area contributed by atoms with Gasteiger partial charge in [0, 0.05) is 74.8 Å². The molecule has 2 aromatic carbocycles. The number of hydrogen-bond donors (Lipinski definition) is 2. The van der Waals surface area contributed by atoms with Gasteiger partial charge in [0.15, 0.2) is 0 Å². The molecule has 8 rings (SSSR count). The first kappa shape index (κ1) is 54.2. The molecule has 3 aliphatic heterocycles. The van der Waals surface area contributed by atoms with E-state index in [0.29, 0.717) is 38.9 Å². The molecule has 15 heteroatoms. The molecule has 2 saturated heterocycles. The summed E-state index contributed by atoms with van der Waals surface area (Å²) < 4.78 is 14.4. The molecule has 1 aliphatic carbocycles. The second-order valence-electron chi connectivity index (χ2n) is 22.8. The van der Waals surface area contributed by atoms with Gasteiger partial charge in [-0.05, 0) is 138 Å². The smallest absolute Gasteiger partial charge is 0.324 e. The molecule has 3 fully saturated rings. The van der Waals surface area contributed by atoms with E-state index in [1.54, 1.807) is 30.2 Å². The number of likely N-dealkylation sites (N-methyl/N-ethyl adjacent to an activating group) is 1. The Hall–Kier alpha value is -6.08. The Morgan fingerprint density at radius 2 is 1.74 bits per heavy atom. The number of carbonyl (C=O) groups excluding carboxylic acids is 5. The van der Waals surface area contributed by atoms with Crippen LogP contribution in [0.5, 0.6) is 0 Å². The number of benzene rings is 2. The minimum absolute atomic E-state index is 0.123. The van der Waals surface area contributed by atoms with Crippen molar-refractivity contribution in [2.75, 3.05) is 54.5 Å². The van der Waals surface area contributed by atoms with Gasteiger partial charge in [0.25, 0.3) is 11.8 Å². The number of fused-ring (bicyclic) bond motifs is 6. The zero-order valence-corrected chi connectivity index (χ0v) is 45.5. The fourth-order valence-corrected chi connectivity index (χ4v) is 11.5. The number of hydrogen-bond acceptors (Lipinski definition) is 10. The van der Waals surface area contributed by atoms with Crippen molar-refractivity contribution in [1.29, 1.82) is 0 Å². The van der Waals surface area contributed by atoms with Crippen molar-refractivity contribution in [3.05, 3.63) is 77.6 Å². The van der Waals surface area contributed by atoms with Crippen molar-refractivity contribution in [3.63, 3.8) is 0 Å². The SMILES string of the molecule is CCn1c(-c2cccnc2[C@H](C)OC)c2c3cc(ccc31)-c1cccc(c1)C[C@H](NC(=O)[C@H](C1CCCC1)N(C)C(=O)C1CN(C(=O)C#CC(C)(C)N(C)C)C[C@@H]1C)C(=O)N1CCC[C@H](N1)C(=O)OCC(C)(C)C2. The normalized spacial score (nSPS) is 22.4. The number of nitrogens with zero attached hydrogens (tertiary/aromatic N) is 6. The van der Waals surface area contributed by atoms with Crippen LogP contribution in [0.1, 0.15) is 110 Å². The zero-order valence-electron chi connectivity index (χ0n) is 45.5. The quantitative estimate of drug-likeness (QED) is 0.123. The first-order valence-electron chi connectivity index (χ1n) is 26.7. The molecule has 2 N–H and O–H groups in total. The molecule has 4 aliphatic rings.